The van der Waals surface area contributed by atoms with Gasteiger partial charge in [0, 0.05) is 18.7 Å². The van der Waals surface area contributed by atoms with Crippen LogP contribution < -0.4 is 21.9 Å². The third-order valence-electron chi connectivity index (χ3n) is 6.54. The molecule has 0 aromatic heterocycles. The molecule has 0 saturated carbocycles. The Bertz CT molecular complexity index is 922. The molecule has 4 rings (SSSR count). The zero-order chi connectivity index (χ0) is 20.6. The molecule has 2 heterocycles. The molecule has 0 aliphatic carbocycles. The minimum Gasteiger partial charge on any atom is -1.00 e. The molecule has 3 unspecified atom stereocenters. The second-order valence-corrected chi connectivity index (χ2v) is 9.03. The number of piperidine rings is 1. The molecule has 6 heteroatoms. The van der Waals surface area contributed by atoms with E-state index in [1.54, 1.807) is 6.07 Å². The van der Waals surface area contributed by atoms with Gasteiger partial charge in [-0.3, -0.25) is 4.79 Å². The number of halogens is 2. The number of likely N-dealkylation sites (tertiary alicyclic amines) is 1. The Hall–Kier alpha value is -1.40. The van der Waals surface area contributed by atoms with Crippen molar-refractivity contribution in [1.29, 1.82) is 0 Å². The average molecular weight is 494 g/mol. The fourth-order valence-corrected chi connectivity index (χ4v) is 5.19. The molecular formula is C24H30BrClN2O2. The zero-order valence-corrected chi connectivity index (χ0v) is 20.2. The van der Waals surface area contributed by atoms with E-state index in [2.05, 4.69) is 32.2 Å². The monoisotopic (exact) mass is 492 g/mol. The Balaban J connectivity index is 0.00000256. The largest absolute Gasteiger partial charge is 1.00 e. The number of amides is 1. The van der Waals surface area contributed by atoms with Gasteiger partial charge in [0.1, 0.15) is 6.54 Å². The number of carbonyl (C=O) groups excluding carboxylic acids is 1. The fraction of sp³-hybridized carbons (Fsp3) is 0.458. The standard InChI is InChI=1S/C24H30ClN2O2.BrH/c1-4-29-14-13-27(3)12-11-23-20(16-27)19-15-17(2)9-10-22(19)26(23)24(28)18-7-5-6-8-21(18)25;/h5-10,15,20,23H,4,11-14,16H2,1-3H3;1H/q+1;/p-1. The van der Waals surface area contributed by atoms with Crippen molar-refractivity contribution >= 4 is 23.2 Å². The number of ether oxygens (including phenoxy) is 1. The zero-order valence-electron chi connectivity index (χ0n) is 17.9. The van der Waals surface area contributed by atoms with E-state index >= 15 is 0 Å². The number of likely N-dealkylation sites (N-methyl/N-ethyl adjacent to an activating group) is 1. The Morgan fingerprint density at radius 1 is 1.27 bits per heavy atom. The molecule has 2 aliphatic rings. The third-order valence-corrected chi connectivity index (χ3v) is 6.87. The van der Waals surface area contributed by atoms with Gasteiger partial charge >= 0.3 is 0 Å². The number of hydrogen-bond donors (Lipinski definition) is 0. The number of rotatable bonds is 5. The van der Waals surface area contributed by atoms with Crippen LogP contribution in [-0.2, 0) is 4.74 Å². The van der Waals surface area contributed by atoms with Gasteiger partial charge in [-0.1, -0.05) is 41.4 Å². The van der Waals surface area contributed by atoms with Gasteiger partial charge < -0.3 is 31.1 Å². The fourth-order valence-electron chi connectivity index (χ4n) is 4.97. The molecule has 2 aromatic carbocycles. The molecule has 1 amide bonds. The summed E-state index contributed by atoms with van der Waals surface area (Å²) in [6, 6.07) is 14.0. The van der Waals surface area contributed by atoms with Gasteiger partial charge in [0.2, 0.25) is 0 Å². The number of hydrogen-bond acceptors (Lipinski definition) is 2. The highest BCUT2D eigenvalue weighted by atomic mass is 79.9. The molecule has 1 fully saturated rings. The molecule has 0 radical (unpaired) electrons. The minimum atomic E-state index is 0. The van der Waals surface area contributed by atoms with Gasteiger partial charge in [0.05, 0.1) is 49.3 Å². The van der Waals surface area contributed by atoms with Crippen molar-refractivity contribution < 1.29 is 31.0 Å². The quantitative estimate of drug-likeness (QED) is 0.468. The maximum Gasteiger partial charge on any atom is 0.260 e. The van der Waals surface area contributed by atoms with Crippen molar-refractivity contribution in [3.8, 4) is 0 Å². The summed E-state index contributed by atoms with van der Waals surface area (Å²) in [4.78, 5) is 15.6. The number of carbonyl (C=O) groups is 1. The van der Waals surface area contributed by atoms with E-state index in [9.17, 15) is 4.79 Å². The molecule has 0 N–H and O–H groups in total. The van der Waals surface area contributed by atoms with E-state index in [4.69, 9.17) is 16.3 Å². The third kappa shape index (κ3) is 4.31. The van der Waals surface area contributed by atoms with Crippen molar-refractivity contribution in [3.05, 3.63) is 64.2 Å². The number of nitrogens with zero attached hydrogens (tertiary/aromatic N) is 2. The van der Waals surface area contributed by atoms with Crippen LogP contribution >= 0.6 is 11.6 Å². The maximum atomic E-state index is 13.6. The van der Waals surface area contributed by atoms with Crippen LogP contribution in [0.1, 0.15) is 40.7 Å². The SMILES string of the molecule is CCOCC[N+]1(C)CCC2C(C1)c1cc(C)ccc1N2C(=O)c1ccccc1Cl.[Br-]. The molecule has 2 aromatic rings. The first-order chi connectivity index (χ1) is 13.9. The number of quaternary nitrogens is 1. The molecule has 2 aliphatic heterocycles. The Morgan fingerprint density at radius 2 is 2.03 bits per heavy atom. The molecular weight excluding hydrogens is 464 g/mol. The van der Waals surface area contributed by atoms with Crippen LogP contribution in [-0.4, -0.2) is 56.3 Å². The van der Waals surface area contributed by atoms with Crippen molar-refractivity contribution in [1.82, 2.24) is 0 Å². The van der Waals surface area contributed by atoms with E-state index < -0.39 is 0 Å². The smallest absolute Gasteiger partial charge is 0.260 e. The second kappa shape index (κ2) is 9.39. The van der Waals surface area contributed by atoms with Crippen LogP contribution in [0.4, 0.5) is 5.69 Å². The van der Waals surface area contributed by atoms with Gasteiger partial charge in [-0.25, -0.2) is 0 Å². The molecule has 1 saturated heterocycles. The van der Waals surface area contributed by atoms with Crippen molar-refractivity contribution in [3.63, 3.8) is 0 Å². The molecule has 4 nitrogen and oxygen atoms in total. The summed E-state index contributed by atoms with van der Waals surface area (Å²) in [5, 5.41) is 0.516. The maximum absolute atomic E-state index is 13.6. The van der Waals surface area contributed by atoms with Gasteiger partial charge in [-0.05, 0) is 37.6 Å². The lowest BCUT2D eigenvalue weighted by Crippen LogP contribution is -3.00. The van der Waals surface area contributed by atoms with Crippen LogP contribution in [0.2, 0.25) is 5.02 Å². The Morgan fingerprint density at radius 3 is 2.77 bits per heavy atom. The van der Waals surface area contributed by atoms with E-state index in [-0.39, 0.29) is 28.9 Å². The molecule has 0 spiro atoms. The summed E-state index contributed by atoms with van der Waals surface area (Å²) < 4.78 is 6.63. The van der Waals surface area contributed by atoms with Crippen molar-refractivity contribution in [2.75, 3.05) is 44.8 Å². The van der Waals surface area contributed by atoms with E-state index in [1.807, 2.05) is 30.0 Å². The lowest BCUT2D eigenvalue weighted by molar-refractivity contribution is -0.915. The summed E-state index contributed by atoms with van der Waals surface area (Å²) in [6.45, 7) is 8.80. The Kier molecular flexibility index (Phi) is 7.28. The highest BCUT2D eigenvalue weighted by Crippen LogP contribution is 2.47. The van der Waals surface area contributed by atoms with Crippen molar-refractivity contribution in [2.24, 2.45) is 0 Å². The van der Waals surface area contributed by atoms with Gasteiger partial charge in [-0.15, -0.1) is 0 Å². The number of benzene rings is 2. The molecule has 0 bridgehead atoms. The summed E-state index contributed by atoms with van der Waals surface area (Å²) >= 11 is 6.38. The second-order valence-electron chi connectivity index (χ2n) is 8.63. The van der Waals surface area contributed by atoms with Crippen molar-refractivity contribution in [2.45, 2.75) is 32.2 Å². The van der Waals surface area contributed by atoms with E-state index in [0.29, 0.717) is 16.5 Å². The lowest BCUT2D eigenvalue weighted by atomic mass is 9.87. The van der Waals surface area contributed by atoms with E-state index in [1.165, 1.54) is 11.1 Å². The van der Waals surface area contributed by atoms with Crippen LogP contribution in [0.15, 0.2) is 42.5 Å². The summed E-state index contributed by atoms with van der Waals surface area (Å²) in [5.74, 6) is 0.357. The summed E-state index contributed by atoms with van der Waals surface area (Å²) in [5.41, 5.74) is 4.17. The minimum absolute atomic E-state index is 0. The first kappa shape index (κ1) is 23.3. The lowest BCUT2D eigenvalue weighted by Gasteiger charge is -2.44. The summed E-state index contributed by atoms with van der Waals surface area (Å²) in [7, 11) is 2.32. The van der Waals surface area contributed by atoms with Gasteiger partial charge in [0.15, 0.2) is 0 Å². The number of anilines is 1. The van der Waals surface area contributed by atoms with Gasteiger partial charge in [-0.2, -0.15) is 0 Å². The normalized spacial score (nSPS) is 24.7. The number of aryl methyl sites for hydroxylation is 1. The van der Waals surface area contributed by atoms with Crippen LogP contribution in [0.3, 0.4) is 0 Å². The first-order valence-corrected chi connectivity index (χ1v) is 10.9. The van der Waals surface area contributed by atoms with E-state index in [0.717, 1.165) is 49.4 Å². The number of fused-ring (bicyclic) bond motifs is 3. The molecule has 162 valence electrons. The topological polar surface area (TPSA) is 29.5 Å². The Labute approximate surface area is 195 Å². The highest BCUT2D eigenvalue weighted by molar-refractivity contribution is 6.34. The van der Waals surface area contributed by atoms with Gasteiger partial charge in [0.25, 0.3) is 5.91 Å². The summed E-state index contributed by atoms with van der Waals surface area (Å²) in [6.07, 6.45) is 0.983. The predicted molar refractivity (Wildman–Crippen MR) is 118 cm³/mol. The molecule has 3 atom stereocenters. The average Bonchev–Trinajstić information content (AvgIpc) is 3.00. The first-order valence-electron chi connectivity index (χ1n) is 10.5. The van der Waals surface area contributed by atoms with Crippen LogP contribution in [0.5, 0.6) is 0 Å². The predicted octanol–water partition coefficient (Wildman–Crippen LogP) is 1.65. The molecule has 30 heavy (non-hydrogen) atoms. The van der Waals surface area contributed by atoms with Crippen LogP contribution in [0.25, 0.3) is 0 Å². The van der Waals surface area contributed by atoms with Crippen LogP contribution in [0, 0.1) is 6.92 Å². The highest BCUT2D eigenvalue weighted by Gasteiger charge is 2.49.